The fraction of sp³-hybridized carbons (Fsp3) is 0.929. The number of nitrogens with two attached hydrogens (primary N) is 1. The van der Waals surface area contributed by atoms with E-state index in [2.05, 4.69) is 11.8 Å². The Balaban J connectivity index is 2.01. The Labute approximate surface area is 105 Å². The van der Waals surface area contributed by atoms with Crippen molar-refractivity contribution in [1.29, 1.82) is 0 Å². The summed E-state index contributed by atoms with van der Waals surface area (Å²) < 4.78 is 0. The Hall–Kier alpha value is -0.570. The van der Waals surface area contributed by atoms with Crippen LogP contribution >= 0.6 is 0 Å². The molecule has 1 amide bonds. The first-order valence-corrected chi connectivity index (χ1v) is 7.17. The number of rotatable bonds is 2. The third-order valence-electron chi connectivity index (χ3n) is 4.73. The molecule has 0 radical (unpaired) electrons. The van der Waals surface area contributed by atoms with Crippen LogP contribution in [-0.2, 0) is 4.79 Å². The maximum absolute atomic E-state index is 12.7. The molecule has 2 fully saturated rings. The van der Waals surface area contributed by atoms with Crippen molar-refractivity contribution in [3.8, 4) is 0 Å². The molecular formula is C14H26N2O. The van der Waals surface area contributed by atoms with Crippen LogP contribution in [-0.4, -0.2) is 30.4 Å². The van der Waals surface area contributed by atoms with Gasteiger partial charge in [-0.25, -0.2) is 0 Å². The highest BCUT2D eigenvalue weighted by Crippen LogP contribution is 2.37. The van der Waals surface area contributed by atoms with Crippen LogP contribution in [0.4, 0.5) is 0 Å². The summed E-state index contributed by atoms with van der Waals surface area (Å²) in [6.07, 6.45) is 7.95. The lowest BCUT2D eigenvalue weighted by Gasteiger charge is -2.41. The largest absolute Gasteiger partial charge is 0.342 e. The van der Waals surface area contributed by atoms with Crippen molar-refractivity contribution in [3.63, 3.8) is 0 Å². The van der Waals surface area contributed by atoms with Crippen molar-refractivity contribution < 1.29 is 4.79 Å². The fourth-order valence-corrected chi connectivity index (χ4v) is 3.28. The van der Waals surface area contributed by atoms with Crippen LogP contribution in [0.15, 0.2) is 0 Å². The van der Waals surface area contributed by atoms with Crippen LogP contribution in [0, 0.1) is 11.3 Å². The molecule has 3 nitrogen and oxygen atoms in total. The summed E-state index contributed by atoms with van der Waals surface area (Å²) in [4.78, 5) is 14.7. The Bertz CT molecular complexity index is 263. The predicted molar refractivity (Wildman–Crippen MR) is 69.6 cm³/mol. The van der Waals surface area contributed by atoms with E-state index in [1.165, 1.54) is 19.3 Å². The van der Waals surface area contributed by atoms with Gasteiger partial charge in [0.2, 0.25) is 5.91 Å². The molecule has 0 aromatic carbocycles. The second-order valence-electron chi connectivity index (χ2n) is 6.02. The molecule has 1 aliphatic carbocycles. The number of nitrogens with zero attached hydrogens (tertiary/aromatic N) is 1. The van der Waals surface area contributed by atoms with Gasteiger partial charge in [0, 0.05) is 19.6 Å². The van der Waals surface area contributed by atoms with Gasteiger partial charge < -0.3 is 10.6 Å². The van der Waals surface area contributed by atoms with Gasteiger partial charge in [0.05, 0.1) is 5.41 Å². The van der Waals surface area contributed by atoms with Gasteiger partial charge in [-0.1, -0.05) is 26.2 Å². The molecule has 0 unspecified atom stereocenters. The maximum atomic E-state index is 12.7. The zero-order valence-electron chi connectivity index (χ0n) is 11.1. The van der Waals surface area contributed by atoms with Crippen LogP contribution in [0.5, 0.6) is 0 Å². The topological polar surface area (TPSA) is 46.3 Å². The van der Waals surface area contributed by atoms with E-state index in [9.17, 15) is 4.79 Å². The minimum absolute atomic E-state index is 0.209. The molecule has 3 heteroatoms. The van der Waals surface area contributed by atoms with E-state index in [1.807, 2.05) is 0 Å². The lowest BCUT2D eigenvalue weighted by atomic mass is 9.72. The van der Waals surface area contributed by atoms with Crippen LogP contribution in [0.1, 0.15) is 51.9 Å². The van der Waals surface area contributed by atoms with Crippen molar-refractivity contribution >= 4 is 5.91 Å². The molecule has 1 saturated carbocycles. The van der Waals surface area contributed by atoms with Crippen molar-refractivity contribution in [1.82, 2.24) is 4.90 Å². The number of amides is 1. The van der Waals surface area contributed by atoms with Gasteiger partial charge >= 0.3 is 0 Å². The van der Waals surface area contributed by atoms with Gasteiger partial charge in [0.1, 0.15) is 0 Å². The van der Waals surface area contributed by atoms with Gasteiger partial charge in [-0.3, -0.25) is 4.79 Å². The fourth-order valence-electron chi connectivity index (χ4n) is 3.28. The summed E-state index contributed by atoms with van der Waals surface area (Å²) in [7, 11) is 0. The van der Waals surface area contributed by atoms with Crippen LogP contribution in [0.2, 0.25) is 0 Å². The minimum atomic E-state index is -0.209. The summed E-state index contributed by atoms with van der Waals surface area (Å²) >= 11 is 0. The number of hydrogen-bond donors (Lipinski definition) is 1. The summed E-state index contributed by atoms with van der Waals surface area (Å²) in [6, 6.07) is 0. The highest BCUT2D eigenvalue weighted by Gasteiger charge is 2.41. The molecular weight excluding hydrogens is 212 g/mol. The Kier molecular flexibility index (Phi) is 4.08. The van der Waals surface area contributed by atoms with Gasteiger partial charge in [0.15, 0.2) is 0 Å². The van der Waals surface area contributed by atoms with Crippen molar-refractivity contribution in [3.05, 3.63) is 0 Å². The predicted octanol–water partition coefficient (Wildman–Crippen LogP) is 2.15. The zero-order valence-corrected chi connectivity index (χ0v) is 11.1. The van der Waals surface area contributed by atoms with E-state index >= 15 is 0 Å². The Morgan fingerprint density at radius 2 is 1.82 bits per heavy atom. The third kappa shape index (κ3) is 2.65. The van der Waals surface area contributed by atoms with E-state index in [0.29, 0.717) is 12.5 Å². The second-order valence-corrected chi connectivity index (χ2v) is 6.02. The minimum Gasteiger partial charge on any atom is -0.342 e. The molecule has 1 heterocycles. The molecule has 2 N–H and O–H groups in total. The number of piperidine rings is 1. The van der Waals surface area contributed by atoms with Crippen LogP contribution in [0.25, 0.3) is 0 Å². The van der Waals surface area contributed by atoms with Crippen LogP contribution in [0.3, 0.4) is 0 Å². The first kappa shape index (κ1) is 12.9. The average Bonchev–Trinajstić information content (AvgIpc) is 2.39. The zero-order chi connectivity index (χ0) is 12.3. The van der Waals surface area contributed by atoms with E-state index in [1.54, 1.807) is 0 Å². The molecule has 2 aliphatic rings. The molecule has 0 aromatic heterocycles. The number of hydrogen-bond acceptors (Lipinski definition) is 2. The van der Waals surface area contributed by atoms with Crippen molar-refractivity contribution in [2.24, 2.45) is 17.1 Å². The van der Waals surface area contributed by atoms with Crippen LogP contribution < -0.4 is 5.73 Å². The molecule has 0 atom stereocenters. The first-order chi connectivity index (χ1) is 8.18. The van der Waals surface area contributed by atoms with E-state index in [0.717, 1.165) is 44.7 Å². The Morgan fingerprint density at radius 1 is 1.24 bits per heavy atom. The van der Waals surface area contributed by atoms with E-state index in [4.69, 9.17) is 5.73 Å². The lowest BCUT2D eigenvalue weighted by Crippen LogP contribution is -2.51. The van der Waals surface area contributed by atoms with Gasteiger partial charge in [-0.2, -0.15) is 0 Å². The standard InChI is InChI=1S/C14H26N2O/c1-12-5-9-16(10-6-12)13(17)14(11-15)7-3-2-4-8-14/h12H,2-11,15H2,1H3. The normalized spacial score (nSPS) is 25.9. The molecule has 0 aromatic rings. The number of likely N-dealkylation sites (tertiary alicyclic amines) is 1. The Morgan fingerprint density at radius 3 is 2.35 bits per heavy atom. The first-order valence-electron chi connectivity index (χ1n) is 7.17. The second kappa shape index (κ2) is 5.38. The number of carbonyl (C=O) groups is 1. The van der Waals surface area contributed by atoms with Crippen molar-refractivity contribution in [2.45, 2.75) is 51.9 Å². The highest BCUT2D eigenvalue weighted by molar-refractivity contribution is 5.83. The van der Waals surface area contributed by atoms with Gasteiger partial charge in [-0.05, 0) is 31.6 Å². The average molecular weight is 238 g/mol. The van der Waals surface area contributed by atoms with E-state index in [-0.39, 0.29) is 5.41 Å². The molecule has 1 aliphatic heterocycles. The molecule has 0 spiro atoms. The quantitative estimate of drug-likeness (QED) is 0.801. The summed E-state index contributed by atoms with van der Waals surface area (Å²) in [5, 5.41) is 0. The molecule has 2 rings (SSSR count). The van der Waals surface area contributed by atoms with Crippen molar-refractivity contribution in [2.75, 3.05) is 19.6 Å². The molecule has 17 heavy (non-hydrogen) atoms. The molecule has 98 valence electrons. The molecule has 0 bridgehead atoms. The summed E-state index contributed by atoms with van der Waals surface area (Å²) in [6.45, 7) is 4.71. The molecule has 1 saturated heterocycles. The third-order valence-corrected chi connectivity index (χ3v) is 4.73. The smallest absolute Gasteiger partial charge is 0.230 e. The number of carbonyl (C=O) groups excluding carboxylic acids is 1. The SMILES string of the molecule is CC1CCN(C(=O)C2(CN)CCCCC2)CC1. The summed E-state index contributed by atoms with van der Waals surface area (Å²) in [5.74, 6) is 1.13. The maximum Gasteiger partial charge on any atom is 0.230 e. The van der Waals surface area contributed by atoms with Gasteiger partial charge in [-0.15, -0.1) is 0 Å². The highest BCUT2D eigenvalue weighted by atomic mass is 16.2. The van der Waals surface area contributed by atoms with Gasteiger partial charge in [0.25, 0.3) is 0 Å². The van der Waals surface area contributed by atoms with E-state index < -0.39 is 0 Å². The monoisotopic (exact) mass is 238 g/mol. The summed E-state index contributed by atoms with van der Waals surface area (Å²) in [5.41, 5.74) is 5.72. The lowest BCUT2D eigenvalue weighted by molar-refractivity contribution is -0.145.